The summed E-state index contributed by atoms with van der Waals surface area (Å²) in [7, 11) is 1.62. The zero-order valence-corrected chi connectivity index (χ0v) is 16.4. The second-order valence-electron chi connectivity index (χ2n) is 6.09. The number of hydrogen-bond donors (Lipinski definition) is 3. The van der Waals surface area contributed by atoms with E-state index in [0.717, 1.165) is 32.6 Å². The molecule has 0 bridgehead atoms. The van der Waals surface area contributed by atoms with Gasteiger partial charge in [-0.1, -0.05) is 18.2 Å². The third kappa shape index (κ3) is 3.99. The first kappa shape index (κ1) is 18.3. The topological polar surface area (TPSA) is 79.0 Å². The molecule has 2 amide bonds. The summed E-state index contributed by atoms with van der Waals surface area (Å²) < 4.78 is 6.08. The summed E-state index contributed by atoms with van der Waals surface area (Å²) in [5.74, 6) is 1.48. The van der Waals surface area contributed by atoms with Gasteiger partial charge in [0.05, 0.1) is 34.7 Å². The first-order chi connectivity index (χ1) is 12.5. The van der Waals surface area contributed by atoms with Gasteiger partial charge in [-0.05, 0) is 59.6 Å². The number of aromatic amines is 1. The van der Waals surface area contributed by atoms with Crippen molar-refractivity contribution in [2.24, 2.45) is 0 Å². The molecule has 136 valence electrons. The van der Waals surface area contributed by atoms with Crippen LogP contribution in [0.25, 0.3) is 11.0 Å². The lowest BCUT2D eigenvalue weighted by Gasteiger charge is -2.18. The van der Waals surface area contributed by atoms with Crippen molar-refractivity contribution in [2.75, 3.05) is 7.11 Å². The van der Waals surface area contributed by atoms with Crippen LogP contribution < -0.4 is 15.4 Å². The second kappa shape index (κ2) is 7.78. The molecule has 2 atom stereocenters. The Hall–Kier alpha value is -2.54. The van der Waals surface area contributed by atoms with Crippen molar-refractivity contribution in [1.29, 1.82) is 0 Å². The molecule has 0 saturated carbocycles. The zero-order valence-electron chi connectivity index (χ0n) is 14.8. The minimum Gasteiger partial charge on any atom is -0.496 e. The number of benzene rings is 2. The highest BCUT2D eigenvalue weighted by atomic mass is 79.9. The average molecular weight is 417 g/mol. The van der Waals surface area contributed by atoms with Crippen molar-refractivity contribution in [2.45, 2.75) is 25.9 Å². The van der Waals surface area contributed by atoms with E-state index in [-0.39, 0.29) is 18.1 Å². The molecule has 3 rings (SSSR count). The third-order valence-corrected chi connectivity index (χ3v) is 4.81. The van der Waals surface area contributed by atoms with Crippen LogP contribution in [0.4, 0.5) is 4.79 Å². The van der Waals surface area contributed by atoms with Gasteiger partial charge in [0.25, 0.3) is 0 Å². The summed E-state index contributed by atoms with van der Waals surface area (Å²) in [4.78, 5) is 20.1. The van der Waals surface area contributed by atoms with Crippen LogP contribution in [0.1, 0.15) is 37.3 Å². The molecule has 0 fully saturated rings. The molecule has 3 N–H and O–H groups in total. The normalized spacial score (nSPS) is 13.2. The monoisotopic (exact) mass is 416 g/mol. The Morgan fingerprint density at radius 1 is 1.15 bits per heavy atom. The first-order valence-corrected chi connectivity index (χ1v) is 9.12. The van der Waals surface area contributed by atoms with Crippen molar-refractivity contribution in [3.63, 3.8) is 0 Å². The molecule has 0 radical (unpaired) electrons. The number of rotatable bonds is 5. The average Bonchev–Trinajstić information content (AvgIpc) is 3.05. The molecular formula is C19H21BrN4O2. The van der Waals surface area contributed by atoms with E-state index in [4.69, 9.17) is 4.74 Å². The summed E-state index contributed by atoms with van der Waals surface area (Å²) in [6.45, 7) is 3.83. The molecule has 0 aliphatic heterocycles. The highest BCUT2D eigenvalue weighted by Gasteiger charge is 2.16. The molecular weight excluding hydrogens is 396 g/mol. The van der Waals surface area contributed by atoms with E-state index in [9.17, 15) is 4.79 Å². The van der Waals surface area contributed by atoms with Gasteiger partial charge in [-0.15, -0.1) is 0 Å². The van der Waals surface area contributed by atoms with Gasteiger partial charge in [0.15, 0.2) is 0 Å². The molecule has 6 nitrogen and oxygen atoms in total. The van der Waals surface area contributed by atoms with E-state index in [2.05, 4.69) is 36.5 Å². The van der Waals surface area contributed by atoms with Gasteiger partial charge >= 0.3 is 6.03 Å². The number of fused-ring (bicyclic) bond motifs is 1. The van der Waals surface area contributed by atoms with Crippen LogP contribution in [0.15, 0.2) is 46.9 Å². The van der Waals surface area contributed by atoms with Crippen LogP contribution in [0, 0.1) is 0 Å². The summed E-state index contributed by atoms with van der Waals surface area (Å²) in [6.07, 6.45) is 0. The van der Waals surface area contributed by atoms with Gasteiger partial charge in [-0.25, -0.2) is 9.78 Å². The maximum absolute atomic E-state index is 12.3. The van der Waals surface area contributed by atoms with Crippen LogP contribution in [0.5, 0.6) is 5.75 Å². The third-order valence-electron chi connectivity index (χ3n) is 4.19. The number of carbonyl (C=O) groups excluding carboxylic acids is 1. The highest BCUT2D eigenvalue weighted by Crippen LogP contribution is 2.28. The van der Waals surface area contributed by atoms with E-state index in [0.29, 0.717) is 0 Å². The van der Waals surface area contributed by atoms with Crippen molar-refractivity contribution >= 4 is 33.0 Å². The first-order valence-electron chi connectivity index (χ1n) is 8.33. The largest absolute Gasteiger partial charge is 0.496 e. The highest BCUT2D eigenvalue weighted by molar-refractivity contribution is 9.10. The number of urea groups is 1. The molecule has 3 aromatic rings. The van der Waals surface area contributed by atoms with E-state index in [1.165, 1.54) is 0 Å². The number of methoxy groups -OCH3 is 1. The molecule has 0 unspecified atom stereocenters. The zero-order chi connectivity index (χ0) is 18.7. The molecule has 2 aromatic carbocycles. The van der Waals surface area contributed by atoms with Gasteiger partial charge in [0.1, 0.15) is 11.6 Å². The van der Waals surface area contributed by atoms with Crippen molar-refractivity contribution < 1.29 is 9.53 Å². The number of imidazole rings is 1. The fraction of sp³-hybridized carbons (Fsp3) is 0.263. The standard InChI is InChI=1S/C19H21BrN4O2/c1-11(13-8-9-17(26-3)14(20)10-13)21-19(25)22-12(2)18-23-15-6-4-5-7-16(15)24-18/h4-12H,1-3H3,(H,23,24)(H2,21,22,25)/t11-,12+/m0/s1. The maximum Gasteiger partial charge on any atom is 0.315 e. The maximum atomic E-state index is 12.3. The minimum absolute atomic E-state index is 0.153. The predicted octanol–water partition coefficient (Wildman–Crippen LogP) is 4.46. The van der Waals surface area contributed by atoms with Gasteiger partial charge in [-0.3, -0.25) is 0 Å². The lowest BCUT2D eigenvalue weighted by atomic mass is 10.1. The number of H-pyrrole nitrogens is 1. The quantitative estimate of drug-likeness (QED) is 0.574. The lowest BCUT2D eigenvalue weighted by molar-refractivity contribution is 0.234. The number of nitrogens with zero attached hydrogens (tertiary/aromatic N) is 1. The molecule has 26 heavy (non-hydrogen) atoms. The SMILES string of the molecule is COc1ccc([C@H](C)NC(=O)N[C@H](C)c2nc3ccccc3[nH]2)cc1Br. The Balaban J connectivity index is 1.63. The number of halogens is 1. The van der Waals surface area contributed by atoms with Crippen LogP contribution >= 0.6 is 15.9 Å². The van der Waals surface area contributed by atoms with Crippen molar-refractivity contribution in [3.05, 3.63) is 58.3 Å². The van der Waals surface area contributed by atoms with Gasteiger partial charge in [0, 0.05) is 0 Å². The molecule has 0 aliphatic rings. The summed E-state index contributed by atoms with van der Waals surface area (Å²) in [5, 5.41) is 5.86. The van der Waals surface area contributed by atoms with E-state index in [1.54, 1.807) is 7.11 Å². The Kier molecular flexibility index (Phi) is 5.46. The number of aromatic nitrogens is 2. The molecule has 1 aromatic heterocycles. The van der Waals surface area contributed by atoms with Crippen LogP contribution in [0.3, 0.4) is 0 Å². The predicted molar refractivity (Wildman–Crippen MR) is 105 cm³/mol. The van der Waals surface area contributed by atoms with E-state index in [1.807, 2.05) is 56.3 Å². The molecule has 0 saturated heterocycles. The van der Waals surface area contributed by atoms with Crippen LogP contribution in [0.2, 0.25) is 0 Å². The van der Waals surface area contributed by atoms with Crippen LogP contribution in [-0.2, 0) is 0 Å². The van der Waals surface area contributed by atoms with Gasteiger partial charge in [-0.2, -0.15) is 0 Å². The lowest BCUT2D eigenvalue weighted by Crippen LogP contribution is -2.38. The minimum atomic E-state index is -0.252. The smallest absolute Gasteiger partial charge is 0.315 e. The molecule has 7 heteroatoms. The summed E-state index contributed by atoms with van der Waals surface area (Å²) in [6, 6.07) is 12.9. The number of hydrogen-bond acceptors (Lipinski definition) is 3. The summed E-state index contributed by atoms with van der Waals surface area (Å²) in [5.41, 5.74) is 2.81. The number of ether oxygens (including phenoxy) is 1. The number of amides is 2. The Bertz CT molecular complexity index is 892. The van der Waals surface area contributed by atoms with E-state index < -0.39 is 0 Å². The number of carbonyl (C=O) groups is 1. The Labute approximate surface area is 160 Å². The van der Waals surface area contributed by atoms with Crippen molar-refractivity contribution in [3.8, 4) is 5.75 Å². The number of nitrogens with one attached hydrogen (secondary N) is 3. The Morgan fingerprint density at radius 2 is 1.88 bits per heavy atom. The molecule has 0 aliphatic carbocycles. The number of para-hydroxylation sites is 2. The second-order valence-corrected chi connectivity index (χ2v) is 6.95. The molecule has 0 spiro atoms. The fourth-order valence-corrected chi connectivity index (χ4v) is 3.27. The van der Waals surface area contributed by atoms with Gasteiger partial charge < -0.3 is 20.4 Å². The van der Waals surface area contributed by atoms with Gasteiger partial charge in [0.2, 0.25) is 0 Å². The van der Waals surface area contributed by atoms with E-state index >= 15 is 0 Å². The Morgan fingerprint density at radius 3 is 2.58 bits per heavy atom. The van der Waals surface area contributed by atoms with Crippen molar-refractivity contribution in [1.82, 2.24) is 20.6 Å². The fourth-order valence-electron chi connectivity index (χ4n) is 2.72. The molecule has 1 heterocycles. The van der Waals surface area contributed by atoms with Crippen LogP contribution in [-0.4, -0.2) is 23.1 Å². The summed E-state index contributed by atoms with van der Waals surface area (Å²) >= 11 is 3.46.